The summed E-state index contributed by atoms with van der Waals surface area (Å²) >= 11 is 6.63. The Morgan fingerprint density at radius 2 is 1.85 bits per heavy atom. The van der Waals surface area contributed by atoms with E-state index in [1.807, 2.05) is 18.7 Å². The minimum atomic E-state index is -5.17. The molecule has 1 amide bonds. The number of alkyl halides is 5. The van der Waals surface area contributed by atoms with Crippen molar-refractivity contribution in [2.24, 2.45) is 5.92 Å². The average molecular weight is 688 g/mol. The second-order valence-electron chi connectivity index (χ2n) is 11.4. The van der Waals surface area contributed by atoms with Crippen molar-refractivity contribution in [2.75, 3.05) is 30.3 Å². The van der Waals surface area contributed by atoms with Gasteiger partial charge in [0.1, 0.15) is 24.0 Å². The van der Waals surface area contributed by atoms with Crippen molar-refractivity contribution in [3.8, 4) is 17.0 Å². The lowest BCUT2D eigenvalue weighted by atomic mass is 9.94. The molecular weight excluding hydrogens is 663 g/mol. The van der Waals surface area contributed by atoms with Gasteiger partial charge < -0.3 is 20.3 Å². The lowest BCUT2D eigenvalue weighted by Crippen LogP contribution is -2.63. The molecule has 0 aliphatic carbocycles. The molecule has 0 saturated carbocycles. The van der Waals surface area contributed by atoms with Gasteiger partial charge in [0.05, 0.1) is 45.9 Å². The van der Waals surface area contributed by atoms with Gasteiger partial charge in [-0.25, -0.2) is 42.3 Å². The fourth-order valence-electron chi connectivity index (χ4n) is 6.09. The monoisotopic (exact) mass is 687 g/mol. The smallest absolute Gasteiger partial charge is 0.418 e. The van der Waals surface area contributed by atoms with Gasteiger partial charge in [-0.1, -0.05) is 25.4 Å². The van der Waals surface area contributed by atoms with E-state index in [9.17, 15) is 31.1 Å². The second-order valence-corrected chi connectivity index (χ2v) is 11.8. The number of amides is 1. The van der Waals surface area contributed by atoms with Gasteiger partial charge in [-0.2, -0.15) is 17.9 Å². The number of halogens is 8. The van der Waals surface area contributed by atoms with Crippen LogP contribution in [0.3, 0.4) is 0 Å². The van der Waals surface area contributed by atoms with E-state index in [-0.39, 0.29) is 49.0 Å². The molecule has 0 unspecified atom stereocenters. The first-order chi connectivity index (χ1) is 22.1. The topological polar surface area (TPSA) is 128 Å². The Hall–Kier alpha value is -4.48. The molecule has 19 heteroatoms. The van der Waals surface area contributed by atoms with Gasteiger partial charge in [0.25, 0.3) is 6.43 Å². The van der Waals surface area contributed by atoms with Crippen LogP contribution in [0.25, 0.3) is 22.2 Å². The Morgan fingerprint density at radius 3 is 2.49 bits per heavy atom. The molecule has 250 valence electrons. The van der Waals surface area contributed by atoms with Gasteiger partial charge in [-0.05, 0) is 12.8 Å². The van der Waals surface area contributed by atoms with Crippen LogP contribution in [-0.4, -0.2) is 72.4 Å². The number of nitrogens with two attached hydrogens (primary N) is 1. The first kappa shape index (κ1) is 32.5. The highest BCUT2D eigenvalue weighted by molar-refractivity contribution is 6.36. The number of hydrogen-bond donors (Lipinski definition) is 1. The maximum absolute atomic E-state index is 16.4. The maximum Gasteiger partial charge on any atom is 0.418 e. The Kier molecular flexibility index (Phi) is 8.04. The minimum Gasteiger partial charge on any atom is -0.491 e. The minimum absolute atomic E-state index is 0.0380. The van der Waals surface area contributed by atoms with Gasteiger partial charge in [0.2, 0.25) is 5.82 Å². The third kappa shape index (κ3) is 5.31. The number of aromatic nitrogens is 6. The summed E-state index contributed by atoms with van der Waals surface area (Å²) in [5.74, 6) is -4.65. The summed E-state index contributed by atoms with van der Waals surface area (Å²) in [6.07, 6.45) is -5.99. The lowest BCUT2D eigenvalue weighted by Gasteiger charge is -2.48. The molecule has 11 nitrogen and oxygen atoms in total. The van der Waals surface area contributed by atoms with Crippen LogP contribution in [0.2, 0.25) is 5.02 Å². The van der Waals surface area contributed by atoms with Crippen molar-refractivity contribution >= 4 is 40.2 Å². The van der Waals surface area contributed by atoms with Crippen LogP contribution < -0.4 is 15.4 Å². The summed E-state index contributed by atoms with van der Waals surface area (Å²) in [7, 11) is 0. The van der Waals surface area contributed by atoms with Gasteiger partial charge in [0, 0.05) is 25.1 Å². The number of ether oxygens (including phenoxy) is 1. The van der Waals surface area contributed by atoms with Crippen LogP contribution in [0, 0.1) is 24.5 Å². The third-order valence-corrected chi connectivity index (χ3v) is 8.70. The van der Waals surface area contributed by atoms with E-state index < -0.39 is 86.9 Å². The van der Waals surface area contributed by atoms with Crippen molar-refractivity contribution < 1.29 is 40.3 Å². The fourth-order valence-corrected chi connectivity index (χ4v) is 6.41. The number of pyridine rings is 1. The zero-order valence-electron chi connectivity index (χ0n) is 24.8. The molecule has 2 N–H and O–H groups in total. The maximum atomic E-state index is 16.4. The van der Waals surface area contributed by atoms with E-state index in [4.69, 9.17) is 22.1 Å². The molecule has 47 heavy (non-hydrogen) atoms. The molecule has 1 fully saturated rings. The van der Waals surface area contributed by atoms with Crippen LogP contribution in [0.4, 0.5) is 47.2 Å². The molecule has 3 aromatic heterocycles. The number of piperazine rings is 1. The highest BCUT2D eigenvalue weighted by Gasteiger charge is 2.43. The van der Waals surface area contributed by atoms with E-state index in [0.29, 0.717) is 0 Å². The molecule has 0 spiro atoms. The standard InChI is InChI=1S/C28H25ClF7N9O2/c1-10(2)13-7-43-12(6-44(13)27(46)45-9-40-25(42-45)23(32)33)4-5-47-22-15-21(38-8-39-26(15)43)19(31)14(17(22)29)20-16(28(34,35)36)11(3)18(30)24(37)41-20/h8-10,12-13,23H,4-7H2,1-3H3,(H2,37,41)/t12-,13-/m0/s1. The first-order valence-corrected chi connectivity index (χ1v) is 14.6. The summed E-state index contributed by atoms with van der Waals surface area (Å²) in [6.45, 7) is 4.61. The molecule has 6 rings (SSSR count). The lowest BCUT2D eigenvalue weighted by molar-refractivity contribution is -0.137. The molecular formula is C28H25ClF7N9O2. The van der Waals surface area contributed by atoms with Crippen molar-refractivity contribution in [1.82, 2.24) is 34.6 Å². The fraction of sp³-hybridized carbons (Fsp3) is 0.429. The van der Waals surface area contributed by atoms with Crippen LogP contribution >= 0.6 is 11.6 Å². The SMILES string of the molecule is Cc1c(F)c(N)nc(-c2c(Cl)c3c4c(ncnc4c2F)N2C[C@@H](C(C)C)N(C(=O)n4cnc(C(F)F)n4)C[C@@H]2CCO3)c1C(F)(F)F. The van der Waals surface area contributed by atoms with Crippen molar-refractivity contribution in [3.05, 3.63) is 46.3 Å². The first-order valence-electron chi connectivity index (χ1n) is 14.2. The zero-order chi connectivity index (χ0) is 34.1. The number of rotatable bonds is 3. The van der Waals surface area contributed by atoms with Gasteiger partial charge in [0.15, 0.2) is 23.2 Å². The molecule has 1 aromatic carbocycles. The molecule has 4 aromatic rings. The van der Waals surface area contributed by atoms with E-state index in [0.717, 1.165) is 24.3 Å². The molecule has 2 aliphatic heterocycles. The Balaban J connectivity index is 1.50. The van der Waals surface area contributed by atoms with E-state index >= 15 is 4.39 Å². The van der Waals surface area contributed by atoms with E-state index in [2.05, 4.69) is 25.0 Å². The molecule has 1 saturated heterocycles. The van der Waals surface area contributed by atoms with Gasteiger partial charge in [-0.3, -0.25) is 0 Å². The molecule has 2 atom stereocenters. The Morgan fingerprint density at radius 1 is 1.13 bits per heavy atom. The number of fused-ring (bicyclic) bond motifs is 2. The van der Waals surface area contributed by atoms with Gasteiger partial charge >= 0.3 is 12.2 Å². The summed E-state index contributed by atoms with van der Waals surface area (Å²) in [4.78, 5) is 32.2. The second kappa shape index (κ2) is 11.6. The molecule has 0 bridgehead atoms. The number of anilines is 2. The van der Waals surface area contributed by atoms with Crippen molar-refractivity contribution in [2.45, 2.75) is 51.9 Å². The number of nitrogen functional groups attached to an aromatic ring is 1. The van der Waals surface area contributed by atoms with Gasteiger partial charge in [-0.15, -0.1) is 5.10 Å². The number of nitrogens with zero attached hydrogens (tertiary/aromatic N) is 8. The summed E-state index contributed by atoms with van der Waals surface area (Å²) in [5, 5.41) is 2.99. The summed E-state index contributed by atoms with van der Waals surface area (Å²) in [6, 6.07) is -1.72. The highest BCUT2D eigenvalue weighted by Crippen LogP contribution is 2.50. The molecule has 2 aliphatic rings. The van der Waals surface area contributed by atoms with Crippen LogP contribution in [0.5, 0.6) is 5.75 Å². The van der Waals surface area contributed by atoms with Crippen LogP contribution in [-0.2, 0) is 6.18 Å². The molecule has 0 radical (unpaired) electrons. The van der Waals surface area contributed by atoms with E-state index in [1.54, 1.807) is 0 Å². The Bertz CT molecular complexity index is 1900. The summed E-state index contributed by atoms with van der Waals surface area (Å²) < 4.78 is 107. The number of hydrogen-bond acceptors (Lipinski definition) is 9. The normalized spacial score (nSPS) is 18.4. The Labute approximate surface area is 266 Å². The number of benzene rings is 1. The third-order valence-electron chi connectivity index (χ3n) is 8.34. The van der Waals surface area contributed by atoms with Crippen molar-refractivity contribution in [1.29, 1.82) is 0 Å². The zero-order valence-corrected chi connectivity index (χ0v) is 25.5. The largest absolute Gasteiger partial charge is 0.491 e. The molecule has 5 heterocycles. The van der Waals surface area contributed by atoms with Crippen molar-refractivity contribution in [3.63, 3.8) is 0 Å². The predicted octanol–water partition coefficient (Wildman–Crippen LogP) is 6.03. The number of carbonyl (C=O) groups excluding carboxylic acids is 1. The number of carbonyl (C=O) groups is 1. The quantitative estimate of drug-likeness (QED) is 0.257. The summed E-state index contributed by atoms with van der Waals surface area (Å²) in [5.41, 5.74) is 0.813. The van der Waals surface area contributed by atoms with Crippen LogP contribution in [0.15, 0.2) is 12.7 Å². The highest BCUT2D eigenvalue weighted by atomic mass is 35.5. The average Bonchev–Trinajstić information content (AvgIpc) is 3.50. The predicted molar refractivity (Wildman–Crippen MR) is 154 cm³/mol. The van der Waals surface area contributed by atoms with Crippen LogP contribution in [0.1, 0.15) is 43.6 Å². The van der Waals surface area contributed by atoms with E-state index in [1.165, 1.54) is 4.90 Å².